The molecule has 8 nitrogen and oxygen atoms in total. The lowest BCUT2D eigenvalue weighted by atomic mass is 10.1. The molecule has 2 N–H and O–H groups in total. The van der Waals surface area contributed by atoms with Crippen LogP contribution >= 0.6 is 23.1 Å². The van der Waals surface area contributed by atoms with Crippen LogP contribution in [0.2, 0.25) is 0 Å². The van der Waals surface area contributed by atoms with Crippen molar-refractivity contribution < 1.29 is 14.5 Å². The summed E-state index contributed by atoms with van der Waals surface area (Å²) in [5, 5.41) is 16.4. The second-order valence-electron chi connectivity index (χ2n) is 7.31. The number of nitro groups is 1. The van der Waals surface area contributed by atoms with Crippen molar-refractivity contribution in [2.24, 2.45) is 0 Å². The summed E-state index contributed by atoms with van der Waals surface area (Å²) in [5.41, 5.74) is 3.59. The standard InChI is InChI=1S/C24H20N4O4S2/c1-2-15-3-7-17(8-4-15)25-22(29)14-33-24-27-20-12-9-18(13-21(20)34-24)26-23(30)16-5-10-19(11-6-16)28(31)32/h3-13H,2,14H2,1H3,(H,25,29)(H,26,30). The number of thioether (sulfide) groups is 1. The number of carbonyl (C=O) groups is 2. The number of nitrogens with one attached hydrogen (secondary N) is 2. The summed E-state index contributed by atoms with van der Waals surface area (Å²) in [7, 11) is 0. The van der Waals surface area contributed by atoms with Crippen molar-refractivity contribution in [2.75, 3.05) is 16.4 Å². The normalized spacial score (nSPS) is 10.7. The molecule has 0 saturated heterocycles. The minimum Gasteiger partial charge on any atom is -0.325 e. The Morgan fingerprint density at radius 1 is 1.00 bits per heavy atom. The van der Waals surface area contributed by atoms with E-state index in [4.69, 9.17) is 0 Å². The van der Waals surface area contributed by atoms with Gasteiger partial charge in [0.25, 0.3) is 11.6 Å². The number of hydrogen-bond donors (Lipinski definition) is 2. The first-order valence-corrected chi connectivity index (χ1v) is 12.2. The van der Waals surface area contributed by atoms with Crippen molar-refractivity contribution in [1.82, 2.24) is 4.98 Å². The molecule has 0 bridgehead atoms. The van der Waals surface area contributed by atoms with Gasteiger partial charge in [0.05, 0.1) is 20.9 Å². The van der Waals surface area contributed by atoms with Crippen LogP contribution in [0.3, 0.4) is 0 Å². The number of nitrogens with zero attached hydrogens (tertiary/aromatic N) is 2. The number of non-ortho nitro benzene ring substituents is 1. The molecule has 4 aromatic rings. The lowest BCUT2D eigenvalue weighted by Crippen LogP contribution is -2.13. The number of aryl methyl sites for hydroxylation is 1. The Morgan fingerprint density at radius 2 is 1.71 bits per heavy atom. The Kier molecular flexibility index (Phi) is 7.19. The number of aromatic nitrogens is 1. The van der Waals surface area contributed by atoms with Crippen LogP contribution < -0.4 is 10.6 Å². The molecular weight excluding hydrogens is 472 g/mol. The number of nitro benzene ring substituents is 1. The molecule has 0 fully saturated rings. The molecule has 10 heteroatoms. The average Bonchev–Trinajstić information content (AvgIpc) is 3.25. The molecule has 0 saturated carbocycles. The second kappa shape index (κ2) is 10.4. The first kappa shape index (κ1) is 23.4. The Hall–Kier alpha value is -3.76. The fourth-order valence-electron chi connectivity index (χ4n) is 3.13. The largest absolute Gasteiger partial charge is 0.325 e. The van der Waals surface area contributed by atoms with Crippen molar-refractivity contribution in [2.45, 2.75) is 17.7 Å². The van der Waals surface area contributed by atoms with Crippen LogP contribution in [0.25, 0.3) is 10.2 Å². The molecule has 34 heavy (non-hydrogen) atoms. The molecule has 172 valence electrons. The molecule has 0 aliphatic rings. The maximum absolute atomic E-state index is 12.5. The quantitative estimate of drug-likeness (QED) is 0.184. The number of amides is 2. The molecule has 0 atom stereocenters. The van der Waals surface area contributed by atoms with Gasteiger partial charge in [0, 0.05) is 29.1 Å². The van der Waals surface area contributed by atoms with Crippen LogP contribution in [0.15, 0.2) is 71.1 Å². The molecule has 0 aliphatic carbocycles. The zero-order valence-electron chi connectivity index (χ0n) is 18.1. The Labute approximate surface area is 203 Å². The van der Waals surface area contributed by atoms with E-state index >= 15 is 0 Å². The van der Waals surface area contributed by atoms with Crippen molar-refractivity contribution in [1.29, 1.82) is 0 Å². The van der Waals surface area contributed by atoms with Crippen LogP contribution in [0.1, 0.15) is 22.8 Å². The number of hydrogen-bond acceptors (Lipinski definition) is 7. The van der Waals surface area contributed by atoms with Crippen molar-refractivity contribution in [3.63, 3.8) is 0 Å². The third kappa shape index (κ3) is 5.77. The van der Waals surface area contributed by atoms with Gasteiger partial charge in [0.15, 0.2) is 4.34 Å². The summed E-state index contributed by atoms with van der Waals surface area (Å²) in [6, 6.07) is 18.5. The molecule has 4 rings (SSSR count). The second-order valence-corrected chi connectivity index (χ2v) is 9.56. The van der Waals surface area contributed by atoms with Crippen LogP contribution in [0.5, 0.6) is 0 Å². The molecule has 0 unspecified atom stereocenters. The van der Waals surface area contributed by atoms with Gasteiger partial charge in [0.1, 0.15) is 0 Å². The summed E-state index contributed by atoms with van der Waals surface area (Å²) in [6.45, 7) is 2.08. The van der Waals surface area contributed by atoms with Gasteiger partial charge in [-0.3, -0.25) is 19.7 Å². The Balaban J connectivity index is 1.36. The predicted octanol–water partition coefficient (Wildman–Crippen LogP) is 5.75. The van der Waals surface area contributed by atoms with Gasteiger partial charge in [-0.1, -0.05) is 30.8 Å². The minimum atomic E-state index is -0.512. The predicted molar refractivity (Wildman–Crippen MR) is 136 cm³/mol. The van der Waals surface area contributed by atoms with Crippen LogP contribution in [0, 0.1) is 10.1 Å². The first-order chi connectivity index (χ1) is 16.4. The molecule has 0 spiro atoms. The minimum absolute atomic E-state index is 0.0734. The molecule has 0 aliphatic heterocycles. The van der Waals surface area contributed by atoms with E-state index < -0.39 is 4.92 Å². The summed E-state index contributed by atoms with van der Waals surface area (Å²) in [6.07, 6.45) is 0.949. The third-order valence-corrected chi connectivity index (χ3v) is 7.10. The van der Waals surface area contributed by atoms with Gasteiger partial charge >= 0.3 is 0 Å². The highest BCUT2D eigenvalue weighted by Gasteiger charge is 2.12. The Bertz CT molecular complexity index is 1350. The number of fused-ring (bicyclic) bond motifs is 1. The number of anilines is 2. The van der Waals surface area contributed by atoms with E-state index in [0.717, 1.165) is 26.7 Å². The smallest absolute Gasteiger partial charge is 0.269 e. The zero-order valence-corrected chi connectivity index (χ0v) is 19.7. The van der Waals surface area contributed by atoms with Gasteiger partial charge in [-0.15, -0.1) is 11.3 Å². The fraction of sp³-hybridized carbons (Fsp3) is 0.125. The van der Waals surface area contributed by atoms with E-state index in [2.05, 4.69) is 22.5 Å². The molecule has 3 aromatic carbocycles. The van der Waals surface area contributed by atoms with E-state index in [-0.39, 0.29) is 23.3 Å². The number of carbonyl (C=O) groups excluding carboxylic acids is 2. The number of rotatable bonds is 8. The van der Waals surface area contributed by atoms with E-state index in [1.165, 1.54) is 52.9 Å². The van der Waals surface area contributed by atoms with E-state index in [1.54, 1.807) is 12.1 Å². The Morgan fingerprint density at radius 3 is 2.38 bits per heavy atom. The third-order valence-electron chi connectivity index (χ3n) is 4.94. The zero-order chi connectivity index (χ0) is 24.1. The number of benzene rings is 3. The number of thiazole rings is 1. The van der Waals surface area contributed by atoms with Gasteiger partial charge in [0.2, 0.25) is 5.91 Å². The van der Waals surface area contributed by atoms with Crippen molar-refractivity contribution >= 4 is 62.2 Å². The van der Waals surface area contributed by atoms with Crippen molar-refractivity contribution in [3.05, 3.63) is 88.0 Å². The molecular formula is C24H20N4O4S2. The van der Waals surface area contributed by atoms with E-state index in [0.29, 0.717) is 11.3 Å². The first-order valence-electron chi connectivity index (χ1n) is 10.4. The SMILES string of the molecule is CCc1ccc(NC(=O)CSc2nc3ccc(NC(=O)c4ccc([N+](=O)[O-])cc4)cc3s2)cc1. The van der Waals surface area contributed by atoms with Crippen LogP contribution in [0.4, 0.5) is 17.1 Å². The summed E-state index contributed by atoms with van der Waals surface area (Å²) in [4.78, 5) is 39.5. The lowest BCUT2D eigenvalue weighted by Gasteiger charge is -2.05. The maximum atomic E-state index is 12.5. The molecule has 0 radical (unpaired) electrons. The average molecular weight is 493 g/mol. The van der Waals surface area contributed by atoms with Gasteiger partial charge in [-0.25, -0.2) is 4.98 Å². The van der Waals surface area contributed by atoms with Crippen LogP contribution in [-0.4, -0.2) is 27.5 Å². The maximum Gasteiger partial charge on any atom is 0.269 e. The van der Waals surface area contributed by atoms with Crippen LogP contribution in [-0.2, 0) is 11.2 Å². The fourth-order valence-corrected chi connectivity index (χ4v) is 5.04. The highest BCUT2D eigenvalue weighted by molar-refractivity contribution is 8.01. The lowest BCUT2D eigenvalue weighted by molar-refractivity contribution is -0.384. The highest BCUT2D eigenvalue weighted by Crippen LogP contribution is 2.31. The molecule has 1 aromatic heterocycles. The monoisotopic (exact) mass is 492 g/mol. The summed E-state index contributed by atoms with van der Waals surface area (Å²) < 4.78 is 1.63. The molecule has 1 heterocycles. The highest BCUT2D eigenvalue weighted by atomic mass is 32.2. The molecule has 2 amide bonds. The topological polar surface area (TPSA) is 114 Å². The van der Waals surface area contributed by atoms with Gasteiger partial charge in [-0.05, 0) is 54.4 Å². The summed E-state index contributed by atoms with van der Waals surface area (Å²) >= 11 is 2.79. The van der Waals surface area contributed by atoms with Gasteiger partial charge in [-0.2, -0.15) is 0 Å². The van der Waals surface area contributed by atoms with Gasteiger partial charge < -0.3 is 10.6 Å². The van der Waals surface area contributed by atoms with Crippen molar-refractivity contribution in [3.8, 4) is 0 Å². The summed E-state index contributed by atoms with van der Waals surface area (Å²) in [5.74, 6) is -0.236. The van der Waals surface area contributed by atoms with E-state index in [9.17, 15) is 19.7 Å². The van der Waals surface area contributed by atoms with E-state index in [1.807, 2.05) is 30.3 Å².